The van der Waals surface area contributed by atoms with Crippen LogP contribution in [0.25, 0.3) is 0 Å². The van der Waals surface area contributed by atoms with Gasteiger partial charge in [0.05, 0.1) is 11.6 Å². The van der Waals surface area contributed by atoms with E-state index in [-0.39, 0.29) is 5.56 Å². The number of carbonyl (C=O) groups is 1. The smallest absolute Gasteiger partial charge is 0.343 e. The Morgan fingerprint density at radius 2 is 2.19 bits per heavy atom. The SMILES string of the molecule is CCOC(=O)c1c(Cl)ccc2c1OCCO2. The number of ether oxygens (including phenoxy) is 3. The first-order chi connectivity index (χ1) is 7.74. The van der Waals surface area contributed by atoms with Crippen LogP contribution in [0.4, 0.5) is 0 Å². The van der Waals surface area contributed by atoms with E-state index in [0.717, 1.165) is 0 Å². The number of hydrogen-bond acceptors (Lipinski definition) is 4. The summed E-state index contributed by atoms with van der Waals surface area (Å²) >= 11 is 5.96. The van der Waals surface area contributed by atoms with Crippen LogP contribution < -0.4 is 9.47 Å². The largest absolute Gasteiger partial charge is 0.486 e. The molecule has 0 fully saturated rings. The quantitative estimate of drug-likeness (QED) is 0.747. The third kappa shape index (κ3) is 1.93. The van der Waals surface area contributed by atoms with E-state index in [1.165, 1.54) is 0 Å². The first-order valence-corrected chi connectivity index (χ1v) is 5.37. The molecule has 0 bridgehead atoms. The summed E-state index contributed by atoms with van der Waals surface area (Å²) in [5.74, 6) is 0.408. The van der Waals surface area contributed by atoms with Crippen molar-refractivity contribution in [3.63, 3.8) is 0 Å². The molecule has 0 N–H and O–H groups in total. The van der Waals surface area contributed by atoms with Crippen LogP contribution in [0.5, 0.6) is 11.5 Å². The lowest BCUT2D eigenvalue weighted by Crippen LogP contribution is -2.18. The fourth-order valence-corrected chi connectivity index (χ4v) is 1.71. The monoisotopic (exact) mass is 242 g/mol. The van der Waals surface area contributed by atoms with Crippen molar-refractivity contribution in [2.75, 3.05) is 19.8 Å². The van der Waals surface area contributed by atoms with Crippen LogP contribution in [-0.2, 0) is 4.74 Å². The molecule has 0 saturated carbocycles. The van der Waals surface area contributed by atoms with E-state index in [9.17, 15) is 4.79 Å². The molecule has 4 nitrogen and oxygen atoms in total. The lowest BCUT2D eigenvalue weighted by atomic mass is 10.1. The maximum atomic E-state index is 11.7. The van der Waals surface area contributed by atoms with E-state index < -0.39 is 5.97 Å². The maximum absolute atomic E-state index is 11.7. The van der Waals surface area contributed by atoms with Crippen LogP contribution in [0.2, 0.25) is 5.02 Å². The van der Waals surface area contributed by atoms with Crippen molar-refractivity contribution in [1.82, 2.24) is 0 Å². The maximum Gasteiger partial charge on any atom is 0.343 e. The molecule has 1 aliphatic rings. The van der Waals surface area contributed by atoms with Gasteiger partial charge in [0.1, 0.15) is 18.8 Å². The molecule has 0 radical (unpaired) electrons. The highest BCUT2D eigenvalue weighted by atomic mass is 35.5. The average Bonchev–Trinajstić information content (AvgIpc) is 2.29. The summed E-state index contributed by atoms with van der Waals surface area (Å²) in [6, 6.07) is 3.28. The molecule has 1 heterocycles. The number of halogens is 1. The van der Waals surface area contributed by atoms with Gasteiger partial charge in [-0.2, -0.15) is 0 Å². The Morgan fingerprint density at radius 3 is 2.94 bits per heavy atom. The Morgan fingerprint density at radius 1 is 1.44 bits per heavy atom. The minimum absolute atomic E-state index is 0.237. The molecule has 86 valence electrons. The molecular weight excluding hydrogens is 232 g/mol. The van der Waals surface area contributed by atoms with Crippen molar-refractivity contribution >= 4 is 17.6 Å². The Bertz CT molecular complexity index is 417. The highest BCUT2D eigenvalue weighted by Crippen LogP contribution is 2.38. The van der Waals surface area contributed by atoms with Crippen LogP contribution in [0.1, 0.15) is 17.3 Å². The number of fused-ring (bicyclic) bond motifs is 1. The van der Waals surface area contributed by atoms with E-state index in [2.05, 4.69) is 0 Å². The summed E-state index contributed by atoms with van der Waals surface area (Å²) in [5.41, 5.74) is 0.237. The van der Waals surface area contributed by atoms with Crippen molar-refractivity contribution in [2.24, 2.45) is 0 Å². The van der Waals surface area contributed by atoms with Gasteiger partial charge in [-0.05, 0) is 19.1 Å². The third-order valence-corrected chi connectivity index (χ3v) is 2.45. The van der Waals surface area contributed by atoms with Crippen molar-refractivity contribution in [3.05, 3.63) is 22.7 Å². The predicted octanol–water partition coefficient (Wildman–Crippen LogP) is 2.29. The van der Waals surface area contributed by atoms with Gasteiger partial charge in [0.2, 0.25) is 0 Å². The van der Waals surface area contributed by atoms with Crippen molar-refractivity contribution < 1.29 is 19.0 Å². The van der Waals surface area contributed by atoms with Gasteiger partial charge in [0, 0.05) is 0 Å². The fraction of sp³-hybridized carbons (Fsp3) is 0.364. The third-order valence-electron chi connectivity index (χ3n) is 2.14. The van der Waals surface area contributed by atoms with E-state index in [1.807, 2.05) is 0 Å². The van der Waals surface area contributed by atoms with E-state index >= 15 is 0 Å². The number of benzene rings is 1. The summed E-state index contributed by atoms with van der Waals surface area (Å²) in [6.45, 7) is 2.90. The van der Waals surface area contributed by atoms with Gasteiger partial charge in [-0.1, -0.05) is 11.6 Å². The average molecular weight is 243 g/mol. The second kappa shape index (κ2) is 4.61. The fourth-order valence-electron chi connectivity index (χ4n) is 1.49. The van der Waals surface area contributed by atoms with Crippen LogP contribution in [0.3, 0.4) is 0 Å². The minimum Gasteiger partial charge on any atom is -0.486 e. The zero-order valence-corrected chi connectivity index (χ0v) is 9.54. The second-order valence-electron chi connectivity index (χ2n) is 3.17. The first kappa shape index (κ1) is 11.1. The highest BCUT2D eigenvalue weighted by Gasteiger charge is 2.24. The van der Waals surface area contributed by atoms with Crippen molar-refractivity contribution in [1.29, 1.82) is 0 Å². The molecule has 0 amide bonds. The van der Waals surface area contributed by atoms with Crippen LogP contribution in [0, 0.1) is 0 Å². The predicted molar refractivity (Wildman–Crippen MR) is 58.4 cm³/mol. The van der Waals surface area contributed by atoms with E-state index in [0.29, 0.717) is 36.3 Å². The van der Waals surface area contributed by atoms with Gasteiger partial charge in [-0.3, -0.25) is 0 Å². The zero-order chi connectivity index (χ0) is 11.5. The second-order valence-corrected chi connectivity index (χ2v) is 3.57. The zero-order valence-electron chi connectivity index (χ0n) is 8.79. The lowest BCUT2D eigenvalue weighted by Gasteiger charge is -2.20. The Hall–Kier alpha value is -1.42. The summed E-state index contributed by atoms with van der Waals surface area (Å²) in [7, 11) is 0. The minimum atomic E-state index is -0.491. The molecule has 5 heteroatoms. The number of esters is 1. The van der Waals surface area contributed by atoms with Gasteiger partial charge >= 0.3 is 5.97 Å². The van der Waals surface area contributed by atoms with Gasteiger partial charge in [0.15, 0.2) is 11.5 Å². The van der Waals surface area contributed by atoms with Crippen molar-refractivity contribution in [2.45, 2.75) is 6.92 Å². The highest BCUT2D eigenvalue weighted by molar-refractivity contribution is 6.34. The summed E-state index contributed by atoms with van der Waals surface area (Å²) in [5, 5.41) is 0.308. The Labute approximate surface area is 98.1 Å². The standard InChI is InChI=1S/C11H11ClO4/c1-2-14-11(13)9-7(12)3-4-8-10(9)16-6-5-15-8/h3-4H,2,5-6H2,1H3. The molecule has 16 heavy (non-hydrogen) atoms. The molecule has 0 aliphatic carbocycles. The molecule has 2 rings (SSSR count). The molecule has 1 aliphatic heterocycles. The van der Waals surface area contributed by atoms with Crippen LogP contribution >= 0.6 is 11.6 Å². The summed E-state index contributed by atoms with van der Waals surface area (Å²) in [4.78, 5) is 11.7. The lowest BCUT2D eigenvalue weighted by molar-refractivity contribution is 0.0516. The molecule has 0 atom stereocenters. The molecular formula is C11H11ClO4. The van der Waals surface area contributed by atoms with E-state index in [4.69, 9.17) is 25.8 Å². The molecule has 0 saturated heterocycles. The number of rotatable bonds is 2. The van der Waals surface area contributed by atoms with Gasteiger partial charge in [-0.25, -0.2) is 4.79 Å². The molecule has 1 aromatic rings. The topological polar surface area (TPSA) is 44.8 Å². The van der Waals surface area contributed by atoms with Gasteiger partial charge in [0.25, 0.3) is 0 Å². The van der Waals surface area contributed by atoms with E-state index in [1.54, 1.807) is 19.1 Å². The van der Waals surface area contributed by atoms with Crippen molar-refractivity contribution in [3.8, 4) is 11.5 Å². The van der Waals surface area contributed by atoms with Crippen LogP contribution in [-0.4, -0.2) is 25.8 Å². The van der Waals surface area contributed by atoms with Crippen LogP contribution in [0.15, 0.2) is 12.1 Å². The molecule has 0 spiro atoms. The number of hydrogen-bond donors (Lipinski definition) is 0. The first-order valence-electron chi connectivity index (χ1n) is 4.99. The molecule has 1 aromatic carbocycles. The molecule has 0 aromatic heterocycles. The summed E-state index contributed by atoms with van der Waals surface area (Å²) < 4.78 is 15.7. The normalized spacial score (nSPS) is 13.4. The Balaban J connectivity index is 2.45. The van der Waals surface area contributed by atoms with Gasteiger partial charge in [-0.15, -0.1) is 0 Å². The number of carbonyl (C=O) groups excluding carboxylic acids is 1. The summed E-state index contributed by atoms with van der Waals surface area (Å²) in [6.07, 6.45) is 0. The van der Waals surface area contributed by atoms with Gasteiger partial charge < -0.3 is 14.2 Å². The Kier molecular flexibility index (Phi) is 3.19. The molecule has 0 unspecified atom stereocenters.